The Morgan fingerprint density at radius 1 is 1.38 bits per heavy atom. The zero-order chi connectivity index (χ0) is 16.5. The van der Waals surface area contributed by atoms with Gasteiger partial charge in [-0.3, -0.25) is 9.69 Å². The van der Waals surface area contributed by atoms with Gasteiger partial charge in [-0.2, -0.15) is 0 Å². The molecule has 1 aromatic heterocycles. The first kappa shape index (κ1) is 15.7. The topological polar surface area (TPSA) is 58.4 Å². The van der Waals surface area contributed by atoms with E-state index in [4.69, 9.17) is 4.42 Å². The van der Waals surface area contributed by atoms with E-state index < -0.39 is 0 Å². The minimum Gasteiger partial charge on any atom is -0.440 e. The Labute approximate surface area is 145 Å². The molecule has 0 aliphatic carbocycles. The number of oxazole rings is 1. The van der Waals surface area contributed by atoms with Crippen molar-refractivity contribution in [3.63, 3.8) is 0 Å². The number of rotatable bonds is 4. The lowest BCUT2D eigenvalue weighted by molar-refractivity contribution is 0.0274. The van der Waals surface area contributed by atoms with Gasteiger partial charge < -0.3 is 9.73 Å². The summed E-state index contributed by atoms with van der Waals surface area (Å²) in [6.07, 6.45) is 5.56. The zero-order valence-corrected chi connectivity index (χ0v) is 14.5. The highest BCUT2D eigenvalue weighted by Gasteiger charge is 2.38. The smallest absolute Gasteiger partial charge is 0.260 e. The third-order valence-corrected chi connectivity index (χ3v) is 5.99. The molecule has 4 atom stereocenters. The number of hydrogen-bond donors (Lipinski definition) is 1. The normalized spacial score (nSPS) is 28.7. The Morgan fingerprint density at radius 3 is 2.83 bits per heavy atom. The van der Waals surface area contributed by atoms with Crippen LogP contribution < -0.4 is 5.32 Å². The summed E-state index contributed by atoms with van der Waals surface area (Å²) in [6, 6.07) is 8.53. The van der Waals surface area contributed by atoms with E-state index in [9.17, 15) is 4.79 Å². The van der Waals surface area contributed by atoms with Crippen molar-refractivity contribution in [2.24, 2.45) is 5.92 Å². The summed E-state index contributed by atoms with van der Waals surface area (Å²) in [5.74, 6) is 0.642. The molecule has 3 aliphatic rings. The molecule has 2 bridgehead atoms. The second-order valence-corrected chi connectivity index (χ2v) is 7.66. The predicted octanol–water partition coefficient (Wildman–Crippen LogP) is 3.04. The van der Waals surface area contributed by atoms with Gasteiger partial charge >= 0.3 is 0 Å². The van der Waals surface area contributed by atoms with E-state index in [1.54, 1.807) is 12.5 Å². The first-order valence-corrected chi connectivity index (χ1v) is 9.23. The molecule has 0 spiro atoms. The number of carbonyl (C=O) groups is 1. The van der Waals surface area contributed by atoms with Crippen molar-refractivity contribution in [2.45, 2.75) is 42.0 Å². The molecule has 4 heterocycles. The summed E-state index contributed by atoms with van der Waals surface area (Å²) < 4.78 is 5.22. The van der Waals surface area contributed by atoms with E-state index >= 15 is 0 Å². The Morgan fingerprint density at radius 2 is 2.21 bits per heavy atom. The number of amides is 1. The van der Waals surface area contributed by atoms with Gasteiger partial charge in [0.05, 0.1) is 6.20 Å². The molecule has 2 aromatic rings. The number of aromatic nitrogens is 1. The van der Waals surface area contributed by atoms with E-state index in [1.165, 1.54) is 31.1 Å². The molecule has 1 N–H and O–H groups in total. The zero-order valence-electron chi connectivity index (χ0n) is 13.6. The predicted molar refractivity (Wildman–Crippen MR) is 92.1 cm³/mol. The quantitative estimate of drug-likeness (QED) is 0.925. The number of fused-ring (bicyclic) bond motifs is 3. The Hall–Kier alpha value is -1.79. The van der Waals surface area contributed by atoms with E-state index in [-0.39, 0.29) is 11.9 Å². The van der Waals surface area contributed by atoms with Crippen molar-refractivity contribution in [1.82, 2.24) is 15.2 Å². The molecule has 0 radical (unpaired) electrons. The van der Waals surface area contributed by atoms with Crippen LogP contribution in [0.4, 0.5) is 0 Å². The average Bonchev–Trinajstić information content (AvgIpc) is 3.09. The molecule has 5 nitrogen and oxygen atoms in total. The fraction of sp³-hybridized carbons (Fsp3) is 0.444. The lowest BCUT2D eigenvalue weighted by Crippen LogP contribution is -2.60. The van der Waals surface area contributed by atoms with Crippen LogP contribution in [0.25, 0.3) is 0 Å². The number of hydrogen-bond acceptors (Lipinski definition) is 5. The van der Waals surface area contributed by atoms with Gasteiger partial charge in [-0.05, 0) is 68.3 Å². The van der Waals surface area contributed by atoms with Crippen molar-refractivity contribution in [2.75, 3.05) is 13.1 Å². The van der Waals surface area contributed by atoms with E-state index in [0.29, 0.717) is 22.7 Å². The summed E-state index contributed by atoms with van der Waals surface area (Å²) in [5.41, 5.74) is 0.705. The largest absolute Gasteiger partial charge is 0.440 e. The van der Waals surface area contributed by atoms with Crippen LogP contribution in [-0.2, 0) is 0 Å². The van der Waals surface area contributed by atoms with E-state index in [2.05, 4.69) is 22.1 Å². The van der Waals surface area contributed by atoms with Crippen molar-refractivity contribution in [3.8, 4) is 0 Å². The van der Waals surface area contributed by atoms with Gasteiger partial charge in [-0.1, -0.05) is 0 Å². The van der Waals surface area contributed by atoms with Gasteiger partial charge in [-0.15, -0.1) is 0 Å². The Kier molecular flexibility index (Phi) is 4.33. The Bertz CT molecular complexity index is 702. The highest BCUT2D eigenvalue weighted by atomic mass is 32.2. The number of piperidine rings is 3. The molecule has 3 saturated heterocycles. The molecule has 5 rings (SSSR count). The van der Waals surface area contributed by atoms with Crippen LogP contribution >= 0.6 is 11.8 Å². The fourth-order valence-electron chi connectivity index (χ4n) is 3.75. The SMILES string of the molecule is CC1CC2CCN1CC2NC(=O)c1ccc(Sc2ncco2)cc1. The average molecular weight is 343 g/mol. The third-order valence-electron chi connectivity index (χ3n) is 5.10. The van der Waals surface area contributed by atoms with Gasteiger partial charge in [0.25, 0.3) is 11.1 Å². The second-order valence-electron chi connectivity index (χ2n) is 6.63. The molecule has 126 valence electrons. The van der Waals surface area contributed by atoms with Gasteiger partial charge in [-0.25, -0.2) is 4.98 Å². The summed E-state index contributed by atoms with van der Waals surface area (Å²) in [5, 5.41) is 3.84. The van der Waals surface area contributed by atoms with Crippen LogP contribution in [0.5, 0.6) is 0 Å². The summed E-state index contributed by atoms with van der Waals surface area (Å²) in [6.45, 7) is 4.44. The minimum atomic E-state index is 0.0223. The summed E-state index contributed by atoms with van der Waals surface area (Å²) in [7, 11) is 0. The fourth-order valence-corrected chi connectivity index (χ4v) is 4.44. The highest BCUT2D eigenvalue weighted by molar-refractivity contribution is 7.99. The maximum atomic E-state index is 12.5. The standard InChI is InChI=1S/C18H21N3O2S/c1-12-10-14-6-8-21(12)11-16(14)20-17(22)13-2-4-15(5-3-13)24-18-19-7-9-23-18/h2-5,7,9,12,14,16H,6,8,10-11H2,1H3,(H,20,22). The number of benzene rings is 1. The Balaban J connectivity index is 1.38. The van der Waals surface area contributed by atoms with Gasteiger partial charge in [0.1, 0.15) is 6.26 Å². The van der Waals surface area contributed by atoms with Crippen LogP contribution in [0.1, 0.15) is 30.1 Å². The monoisotopic (exact) mass is 343 g/mol. The maximum absolute atomic E-state index is 12.5. The number of nitrogens with zero attached hydrogens (tertiary/aromatic N) is 2. The second kappa shape index (κ2) is 6.61. The molecular formula is C18H21N3O2S. The van der Waals surface area contributed by atoms with E-state index in [0.717, 1.165) is 11.4 Å². The summed E-state index contributed by atoms with van der Waals surface area (Å²) >= 11 is 1.44. The van der Waals surface area contributed by atoms with Gasteiger partial charge in [0.15, 0.2) is 0 Å². The minimum absolute atomic E-state index is 0.0223. The van der Waals surface area contributed by atoms with Gasteiger partial charge in [0.2, 0.25) is 0 Å². The molecule has 6 heteroatoms. The number of nitrogens with one attached hydrogen (secondary N) is 1. The molecule has 24 heavy (non-hydrogen) atoms. The van der Waals surface area contributed by atoms with E-state index in [1.807, 2.05) is 24.3 Å². The molecule has 1 amide bonds. The van der Waals surface area contributed by atoms with Crippen molar-refractivity contribution < 1.29 is 9.21 Å². The van der Waals surface area contributed by atoms with Crippen LogP contribution in [0.15, 0.2) is 51.3 Å². The third kappa shape index (κ3) is 3.21. The lowest BCUT2D eigenvalue weighted by Gasteiger charge is -2.48. The van der Waals surface area contributed by atoms with Crippen LogP contribution in [0, 0.1) is 5.92 Å². The van der Waals surface area contributed by atoms with Crippen molar-refractivity contribution >= 4 is 17.7 Å². The highest BCUT2D eigenvalue weighted by Crippen LogP contribution is 2.32. The molecule has 4 unspecified atom stereocenters. The first-order valence-electron chi connectivity index (χ1n) is 8.41. The lowest BCUT2D eigenvalue weighted by atomic mass is 9.80. The molecule has 3 aliphatic heterocycles. The number of carbonyl (C=O) groups excluding carboxylic acids is 1. The first-order chi connectivity index (χ1) is 11.7. The maximum Gasteiger partial charge on any atom is 0.260 e. The molecule has 1 aromatic carbocycles. The van der Waals surface area contributed by atoms with Crippen molar-refractivity contribution in [3.05, 3.63) is 42.3 Å². The molecule has 0 saturated carbocycles. The van der Waals surface area contributed by atoms with Crippen LogP contribution in [0.3, 0.4) is 0 Å². The molecule has 3 fully saturated rings. The van der Waals surface area contributed by atoms with Crippen LogP contribution in [0.2, 0.25) is 0 Å². The summed E-state index contributed by atoms with van der Waals surface area (Å²) in [4.78, 5) is 20.1. The molecular weight excluding hydrogens is 322 g/mol. The van der Waals surface area contributed by atoms with Gasteiger partial charge in [0, 0.05) is 29.1 Å². The van der Waals surface area contributed by atoms with Crippen LogP contribution in [-0.4, -0.2) is 41.0 Å². The van der Waals surface area contributed by atoms with Crippen molar-refractivity contribution in [1.29, 1.82) is 0 Å².